The maximum atomic E-state index is 8.74. The van der Waals surface area contributed by atoms with Gasteiger partial charge in [0.05, 0.1) is 11.3 Å². The number of hydrogen-bond donors (Lipinski definition) is 2. The molecule has 0 radical (unpaired) electrons. The van der Waals surface area contributed by atoms with Gasteiger partial charge in [-0.25, -0.2) is 0 Å². The number of nitrogens with two attached hydrogens (primary N) is 1. The second kappa shape index (κ2) is 4.96. The SMILES string of the molecule is NC(CCO)c1nc(C2CCCS2)no1. The summed E-state index contributed by atoms with van der Waals surface area (Å²) < 4.78 is 5.08. The van der Waals surface area contributed by atoms with E-state index in [1.807, 2.05) is 11.8 Å². The van der Waals surface area contributed by atoms with Crippen LogP contribution in [0, 0.1) is 0 Å². The Morgan fingerprint density at radius 1 is 1.67 bits per heavy atom. The molecule has 1 aromatic heterocycles. The highest BCUT2D eigenvalue weighted by Gasteiger charge is 2.24. The minimum Gasteiger partial charge on any atom is -0.396 e. The Bertz CT molecular complexity index is 312. The van der Waals surface area contributed by atoms with Gasteiger partial charge in [0.2, 0.25) is 5.89 Å². The van der Waals surface area contributed by atoms with Gasteiger partial charge in [0.1, 0.15) is 0 Å². The summed E-state index contributed by atoms with van der Waals surface area (Å²) in [6.45, 7) is 0.0387. The average Bonchev–Trinajstić information content (AvgIpc) is 2.89. The molecule has 0 bridgehead atoms. The Labute approximate surface area is 92.4 Å². The maximum Gasteiger partial charge on any atom is 0.243 e. The van der Waals surface area contributed by atoms with E-state index in [0.717, 1.165) is 18.0 Å². The number of aliphatic hydroxyl groups excluding tert-OH is 1. The lowest BCUT2D eigenvalue weighted by Crippen LogP contribution is -2.12. The molecule has 0 saturated carbocycles. The summed E-state index contributed by atoms with van der Waals surface area (Å²) in [5.41, 5.74) is 5.75. The van der Waals surface area contributed by atoms with Crippen molar-refractivity contribution in [2.75, 3.05) is 12.4 Å². The Morgan fingerprint density at radius 3 is 3.20 bits per heavy atom. The van der Waals surface area contributed by atoms with Crippen molar-refractivity contribution in [2.24, 2.45) is 5.73 Å². The fraction of sp³-hybridized carbons (Fsp3) is 0.778. The quantitative estimate of drug-likeness (QED) is 0.801. The average molecular weight is 229 g/mol. The van der Waals surface area contributed by atoms with E-state index in [4.69, 9.17) is 15.4 Å². The summed E-state index contributed by atoms with van der Waals surface area (Å²) in [6.07, 6.45) is 2.78. The molecule has 3 N–H and O–H groups in total. The van der Waals surface area contributed by atoms with Gasteiger partial charge in [-0.15, -0.1) is 0 Å². The molecule has 84 valence electrons. The van der Waals surface area contributed by atoms with Crippen molar-refractivity contribution in [1.29, 1.82) is 0 Å². The van der Waals surface area contributed by atoms with E-state index in [0.29, 0.717) is 17.6 Å². The molecule has 2 atom stereocenters. The Kier molecular flexibility index (Phi) is 3.61. The first kappa shape index (κ1) is 10.9. The van der Waals surface area contributed by atoms with Crippen LogP contribution in [-0.2, 0) is 0 Å². The third kappa shape index (κ3) is 2.50. The van der Waals surface area contributed by atoms with Gasteiger partial charge in [0.15, 0.2) is 5.82 Å². The van der Waals surface area contributed by atoms with Crippen LogP contribution >= 0.6 is 11.8 Å². The minimum atomic E-state index is -0.345. The minimum absolute atomic E-state index is 0.0387. The van der Waals surface area contributed by atoms with Crippen LogP contribution in [0.3, 0.4) is 0 Å². The first-order valence-corrected chi connectivity index (χ1v) is 6.17. The predicted octanol–water partition coefficient (Wildman–Crippen LogP) is 1.02. The Balaban J connectivity index is 2.02. The zero-order valence-electron chi connectivity index (χ0n) is 8.43. The maximum absolute atomic E-state index is 8.74. The molecule has 0 aliphatic carbocycles. The summed E-state index contributed by atoms with van der Waals surface area (Å²) in [6, 6.07) is -0.345. The lowest BCUT2D eigenvalue weighted by Gasteiger charge is -2.02. The van der Waals surface area contributed by atoms with Gasteiger partial charge in [-0.3, -0.25) is 0 Å². The van der Waals surface area contributed by atoms with Crippen molar-refractivity contribution in [3.8, 4) is 0 Å². The standard InChI is InChI=1S/C9H15N3O2S/c10-6(3-4-13)9-11-8(12-14-9)7-2-1-5-15-7/h6-7,13H,1-5,10H2. The number of aromatic nitrogens is 2. The summed E-state index contributed by atoms with van der Waals surface area (Å²) in [7, 11) is 0. The van der Waals surface area contributed by atoms with E-state index in [1.165, 1.54) is 6.42 Å². The molecule has 6 heteroatoms. The summed E-state index contributed by atoms with van der Waals surface area (Å²) in [4.78, 5) is 4.28. The van der Waals surface area contributed by atoms with E-state index in [1.54, 1.807) is 0 Å². The molecule has 2 unspecified atom stereocenters. The van der Waals surface area contributed by atoms with Crippen LogP contribution in [0.15, 0.2) is 4.52 Å². The molecule has 0 aromatic carbocycles. The van der Waals surface area contributed by atoms with Gasteiger partial charge in [-0.05, 0) is 25.0 Å². The van der Waals surface area contributed by atoms with Crippen LogP contribution in [0.1, 0.15) is 42.3 Å². The first-order chi connectivity index (χ1) is 7.31. The molecule has 0 amide bonds. The topological polar surface area (TPSA) is 85.2 Å². The molecular formula is C9H15N3O2S. The summed E-state index contributed by atoms with van der Waals surface area (Å²) >= 11 is 1.86. The van der Waals surface area contributed by atoms with Crippen molar-refractivity contribution in [3.05, 3.63) is 11.7 Å². The van der Waals surface area contributed by atoms with E-state index >= 15 is 0 Å². The summed E-state index contributed by atoms with van der Waals surface area (Å²) in [5.74, 6) is 2.35. The molecule has 1 aliphatic rings. The third-order valence-electron chi connectivity index (χ3n) is 2.43. The second-order valence-electron chi connectivity index (χ2n) is 3.61. The molecule has 15 heavy (non-hydrogen) atoms. The monoisotopic (exact) mass is 229 g/mol. The number of hydrogen-bond acceptors (Lipinski definition) is 6. The summed E-state index contributed by atoms with van der Waals surface area (Å²) in [5, 5.41) is 13.0. The Hall–Kier alpha value is -0.590. The molecule has 2 heterocycles. The number of aliphatic hydroxyl groups is 1. The predicted molar refractivity (Wildman–Crippen MR) is 57.4 cm³/mol. The molecule has 1 aromatic rings. The van der Waals surface area contributed by atoms with Crippen LogP contribution in [0.4, 0.5) is 0 Å². The van der Waals surface area contributed by atoms with Gasteiger partial charge >= 0.3 is 0 Å². The highest BCUT2D eigenvalue weighted by molar-refractivity contribution is 7.99. The van der Waals surface area contributed by atoms with Gasteiger partial charge in [0, 0.05) is 6.61 Å². The zero-order valence-corrected chi connectivity index (χ0v) is 9.24. The van der Waals surface area contributed by atoms with E-state index < -0.39 is 0 Å². The van der Waals surface area contributed by atoms with Gasteiger partial charge in [-0.1, -0.05) is 5.16 Å². The fourth-order valence-corrected chi connectivity index (χ4v) is 2.77. The molecular weight excluding hydrogens is 214 g/mol. The van der Waals surface area contributed by atoms with Gasteiger partial charge < -0.3 is 15.4 Å². The third-order valence-corrected chi connectivity index (χ3v) is 3.81. The fourth-order valence-electron chi connectivity index (χ4n) is 1.57. The van der Waals surface area contributed by atoms with Gasteiger partial charge in [-0.2, -0.15) is 16.7 Å². The van der Waals surface area contributed by atoms with Crippen molar-refractivity contribution in [2.45, 2.75) is 30.6 Å². The second-order valence-corrected chi connectivity index (χ2v) is 4.92. The molecule has 2 rings (SSSR count). The number of rotatable bonds is 4. The highest BCUT2D eigenvalue weighted by atomic mass is 32.2. The van der Waals surface area contributed by atoms with E-state index in [2.05, 4.69) is 10.1 Å². The largest absolute Gasteiger partial charge is 0.396 e. The van der Waals surface area contributed by atoms with Crippen LogP contribution in [0.5, 0.6) is 0 Å². The molecule has 1 fully saturated rings. The van der Waals surface area contributed by atoms with E-state index in [9.17, 15) is 0 Å². The molecule has 5 nitrogen and oxygen atoms in total. The zero-order chi connectivity index (χ0) is 10.7. The highest BCUT2D eigenvalue weighted by Crippen LogP contribution is 2.38. The van der Waals surface area contributed by atoms with E-state index in [-0.39, 0.29) is 12.6 Å². The van der Waals surface area contributed by atoms with Crippen LogP contribution in [-0.4, -0.2) is 27.6 Å². The molecule has 0 spiro atoms. The van der Waals surface area contributed by atoms with Crippen molar-refractivity contribution >= 4 is 11.8 Å². The first-order valence-electron chi connectivity index (χ1n) is 5.13. The van der Waals surface area contributed by atoms with Crippen molar-refractivity contribution < 1.29 is 9.63 Å². The van der Waals surface area contributed by atoms with Gasteiger partial charge in [0.25, 0.3) is 0 Å². The Morgan fingerprint density at radius 2 is 2.53 bits per heavy atom. The number of thioether (sulfide) groups is 1. The lowest BCUT2D eigenvalue weighted by molar-refractivity contribution is 0.259. The molecule has 1 aliphatic heterocycles. The smallest absolute Gasteiger partial charge is 0.243 e. The van der Waals surface area contributed by atoms with Crippen LogP contribution in [0.2, 0.25) is 0 Å². The van der Waals surface area contributed by atoms with Crippen molar-refractivity contribution in [1.82, 2.24) is 10.1 Å². The lowest BCUT2D eigenvalue weighted by atomic mass is 10.2. The molecule has 1 saturated heterocycles. The van der Waals surface area contributed by atoms with Crippen LogP contribution < -0.4 is 5.73 Å². The normalized spacial score (nSPS) is 23.2. The van der Waals surface area contributed by atoms with Crippen molar-refractivity contribution in [3.63, 3.8) is 0 Å². The number of nitrogens with zero attached hydrogens (tertiary/aromatic N) is 2. The van der Waals surface area contributed by atoms with Crippen LogP contribution in [0.25, 0.3) is 0 Å².